The molecule has 2 unspecified atom stereocenters. The lowest BCUT2D eigenvalue weighted by Crippen LogP contribution is -2.43. The molecule has 0 spiro atoms. The number of hydrogen-bond acceptors (Lipinski definition) is 3. The highest BCUT2D eigenvalue weighted by atomic mass is 79.9. The van der Waals surface area contributed by atoms with Crippen LogP contribution in [0.15, 0.2) is 28.7 Å². The van der Waals surface area contributed by atoms with Gasteiger partial charge in [-0.05, 0) is 24.1 Å². The monoisotopic (exact) mass is 343 g/mol. The van der Waals surface area contributed by atoms with Gasteiger partial charge in [-0.2, -0.15) is 0 Å². The normalized spacial score (nSPS) is 26.5. The third-order valence-electron chi connectivity index (χ3n) is 3.39. The van der Waals surface area contributed by atoms with Crippen LogP contribution in [-0.2, 0) is 9.67 Å². The highest BCUT2D eigenvalue weighted by molar-refractivity contribution is 9.10. The van der Waals surface area contributed by atoms with E-state index in [0.717, 1.165) is 29.3 Å². The molecule has 1 fully saturated rings. The number of thioether (sulfide) groups is 1. The zero-order valence-corrected chi connectivity index (χ0v) is 13.3. The Morgan fingerprint density at radius 1 is 1.53 bits per heavy atom. The van der Waals surface area contributed by atoms with E-state index >= 15 is 0 Å². The van der Waals surface area contributed by atoms with Gasteiger partial charge < -0.3 is 5.11 Å². The smallest absolute Gasteiger partial charge is 0.321 e. The average Bonchev–Trinajstić information content (AvgIpc) is 2.83. The molecule has 19 heavy (non-hydrogen) atoms. The first-order chi connectivity index (χ1) is 9.07. The molecular weight excluding hydrogens is 326 g/mol. The molecule has 1 aliphatic heterocycles. The van der Waals surface area contributed by atoms with Crippen molar-refractivity contribution in [3.8, 4) is 0 Å². The Morgan fingerprint density at radius 2 is 2.21 bits per heavy atom. The third-order valence-corrected chi connectivity index (χ3v) is 5.47. The van der Waals surface area contributed by atoms with Crippen molar-refractivity contribution in [3.63, 3.8) is 0 Å². The van der Waals surface area contributed by atoms with Gasteiger partial charge in [0.25, 0.3) is 0 Å². The molecule has 1 aromatic carbocycles. The number of halogens is 1. The summed E-state index contributed by atoms with van der Waals surface area (Å²) in [7, 11) is 0. The van der Waals surface area contributed by atoms with Gasteiger partial charge in [0.15, 0.2) is 0 Å². The van der Waals surface area contributed by atoms with E-state index in [1.807, 2.05) is 12.1 Å². The van der Waals surface area contributed by atoms with Gasteiger partial charge in [0.05, 0.1) is 4.87 Å². The van der Waals surface area contributed by atoms with Crippen molar-refractivity contribution < 1.29 is 9.90 Å². The Balaban J connectivity index is 2.25. The molecule has 0 saturated carbocycles. The topological polar surface area (TPSA) is 49.3 Å². The van der Waals surface area contributed by atoms with Crippen LogP contribution in [0.2, 0.25) is 0 Å². The van der Waals surface area contributed by atoms with E-state index in [1.54, 1.807) is 11.8 Å². The van der Waals surface area contributed by atoms with Crippen molar-refractivity contribution in [3.05, 3.63) is 34.3 Å². The summed E-state index contributed by atoms with van der Waals surface area (Å²) >= 11 is 5.16. The van der Waals surface area contributed by atoms with Crippen LogP contribution in [0.1, 0.15) is 31.7 Å². The zero-order valence-electron chi connectivity index (χ0n) is 10.9. The molecule has 1 heterocycles. The number of nitrogens with one attached hydrogen (secondary N) is 1. The van der Waals surface area contributed by atoms with Gasteiger partial charge in [0.1, 0.15) is 6.04 Å². The quantitative estimate of drug-likeness (QED) is 0.857. The first kappa shape index (κ1) is 14.9. The molecule has 2 N–H and O–H groups in total. The second-order valence-corrected chi connectivity index (χ2v) is 7.02. The van der Waals surface area contributed by atoms with E-state index in [-0.39, 0.29) is 4.87 Å². The van der Waals surface area contributed by atoms with Crippen LogP contribution >= 0.6 is 27.7 Å². The highest BCUT2D eigenvalue weighted by Crippen LogP contribution is 2.43. The predicted octanol–water partition coefficient (Wildman–Crippen LogP) is 3.58. The molecule has 1 aromatic rings. The lowest BCUT2D eigenvalue weighted by atomic mass is 9.99. The van der Waals surface area contributed by atoms with Crippen LogP contribution in [0.25, 0.3) is 0 Å². The largest absolute Gasteiger partial charge is 0.480 e. The molecule has 3 nitrogen and oxygen atoms in total. The van der Waals surface area contributed by atoms with Gasteiger partial charge in [0.2, 0.25) is 0 Å². The van der Waals surface area contributed by atoms with Crippen molar-refractivity contribution in [2.75, 3.05) is 5.75 Å². The summed E-state index contributed by atoms with van der Waals surface area (Å²) in [6, 6.07) is 7.72. The summed E-state index contributed by atoms with van der Waals surface area (Å²) < 4.78 is 1.04. The van der Waals surface area contributed by atoms with Crippen LogP contribution in [0, 0.1) is 0 Å². The van der Waals surface area contributed by atoms with Crippen molar-refractivity contribution in [1.82, 2.24) is 5.32 Å². The van der Waals surface area contributed by atoms with Gasteiger partial charge in [-0.25, -0.2) is 0 Å². The second kappa shape index (κ2) is 6.29. The fraction of sp³-hybridized carbons (Fsp3) is 0.500. The average molecular weight is 344 g/mol. The summed E-state index contributed by atoms with van der Waals surface area (Å²) in [5.74, 6) is -0.141. The lowest BCUT2D eigenvalue weighted by molar-refractivity contribution is -0.138. The first-order valence-corrected chi connectivity index (χ1v) is 8.26. The molecule has 5 heteroatoms. The highest BCUT2D eigenvalue weighted by Gasteiger charge is 2.42. The standard InChI is InChI=1S/C14H18BrNO2S/c1-2-3-8-14(10-4-6-11(15)7-5-10)16-12(9-19-14)13(17)18/h4-7,12,16H,2-3,8-9H2,1H3,(H,17,18). The maximum absolute atomic E-state index is 11.2. The number of carbonyl (C=O) groups is 1. The number of carboxylic acid groups (broad SMARTS) is 1. The van der Waals surface area contributed by atoms with Crippen LogP contribution in [0.4, 0.5) is 0 Å². The minimum Gasteiger partial charge on any atom is -0.480 e. The number of carboxylic acids is 1. The van der Waals surface area contributed by atoms with Crippen LogP contribution in [0.3, 0.4) is 0 Å². The number of rotatable bonds is 5. The van der Waals surface area contributed by atoms with Gasteiger partial charge in [0, 0.05) is 10.2 Å². The number of unbranched alkanes of at least 4 members (excludes halogenated alkanes) is 1. The molecule has 104 valence electrons. The minimum absolute atomic E-state index is 0.250. The molecule has 0 amide bonds. The summed E-state index contributed by atoms with van der Waals surface area (Å²) in [6.07, 6.45) is 3.15. The molecule has 0 radical (unpaired) electrons. The molecule has 0 bridgehead atoms. The number of aliphatic carboxylic acids is 1. The molecule has 2 rings (SSSR count). The maximum atomic E-state index is 11.2. The molecule has 2 atom stereocenters. The summed E-state index contributed by atoms with van der Waals surface area (Å²) in [5.41, 5.74) is 1.16. The summed E-state index contributed by atoms with van der Waals surface area (Å²) in [5, 5.41) is 12.5. The summed E-state index contributed by atoms with van der Waals surface area (Å²) in [4.78, 5) is 10.9. The predicted molar refractivity (Wildman–Crippen MR) is 82.4 cm³/mol. The molecule has 0 aromatic heterocycles. The Kier molecular flexibility index (Phi) is 4.92. The Hall–Kier alpha value is -0.520. The van der Waals surface area contributed by atoms with Crippen molar-refractivity contribution in [2.45, 2.75) is 37.1 Å². The van der Waals surface area contributed by atoms with E-state index in [1.165, 1.54) is 0 Å². The van der Waals surface area contributed by atoms with E-state index in [0.29, 0.717) is 5.75 Å². The van der Waals surface area contributed by atoms with E-state index < -0.39 is 12.0 Å². The lowest BCUT2D eigenvalue weighted by Gasteiger charge is -2.30. The van der Waals surface area contributed by atoms with Crippen molar-refractivity contribution in [1.29, 1.82) is 0 Å². The van der Waals surface area contributed by atoms with Crippen molar-refractivity contribution >= 4 is 33.7 Å². The van der Waals surface area contributed by atoms with Gasteiger partial charge in [-0.15, -0.1) is 11.8 Å². The van der Waals surface area contributed by atoms with Crippen molar-refractivity contribution in [2.24, 2.45) is 0 Å². The first-order valence-electron chi connectivity index (χ1n) is 6.48. The van der Waals surface area contributed by atoms with Crippen LogP contribution in [0.5, 0.6) is 0 Å². The van der Waals surface area contributed by atoms with Crippen LogP contribution in [-0.4, -0.2) is 22.9 Å². The third kappa shape index (κ3) is 3.33. The number of hydrogen-bond donors (Lipinski definition) is 2. The van der Waals surface area contributed by atoms with E-state index in [4.69, 9.17) is 0 Å². The summed E-state index contributed by atoms with van der Waals surface area (Å²) in [6.45, 7) is 2.16. The second-order valence-electron chi connectivity index (χ2n) is 4.78. The van der Waals surface area contributed by atoms with E-state index in [9.17, 15) is 9.90 Å². The van der Waals surface area contributed by atoms with E-state index in [2.05, 4.69) is 40.3 Å². The fourth-order valence-corrected chi connectivity index (χ4v) is 4.08. The number of benzene rings is 1. The Labute approximate surface area is 126 Å². The maximum Gasteiger partial charge on any atom is 0.321 e. The molecule has 0 aliphatic carbocycles. The fourth-order valence-electron chi connectivity index (χ4n) is 2.32. The van der Waals surface area contributed by atoms with Crippen LogP contribution < -0.4 is 5.32 Å². The molecule has 1 aliphatic rings. The Bertz CT molecular complexity index is 451. The SMILES string of the molecule is CCCCC1(c2ccc(Br)cc2)NC(C(=O)O)CS1. The zero-order chi connectivity index (χ0) is 13.9. The minimum atomic E-state index is -0.761. The van der Waals surface area contributed by atoms with Gasteiger partial charge in [-0.1, -0.05) is 47.8 Å². The molecule has 1 saturated heterocycles. The molecular formula is C14H18BrNO2S. The van der Waals surface area contributed by atoms with Gasteiger partial charge >= 0.3 is 5.97 Å². The Morgan fingerprint density at radius 3 is 2.74 bits per heavy atom. The van der Waals surface area contributed by atoms with Gasteiger partial charge in [-0.3, -0.25) is 10.1 Å².